The molecule has 2 fully saturated rings. The average molecular weight is 358 g/mol. The van der Waals surface area contributed by atoms with Crippen LogP contribution in [-0.4, -0.2) is 22.8 Å². The van der Waals surface area contributed by atoms with E-state index in [0.29, 0.717) is 5.92 Å². The molecule has 4 nitrogen and oxygen atoms in total. The van der Waals surface area contributed by atoms with Gasteiger partial charge in [0.05, 0.1) is 7.11 Å². The van der Waals surface area contributed by atoms with Crippen molar-refractivity contribution in [2.75, 3.05) is 12.4 Å². The average Bonchev–Trinajstić information content (AvgIpc) is 3.09. The Kier molecular flexibility index (Phi) is 4.93. The van der Waals surface area contributed by atoms with Crippen LogP contribution >= 0.6 is 11.3 Å². The van der Waals surface area contributed by atoms with E-state index < -0.39 is 0 Å². The van der Waals surface area contributed by atoms with Crippen molar-refractivity contribution in [2.45, 2.75) is 69.2 Å². The molecule has 1 aromatic heterocycles. The highest BCUT2D eigenvalue weighted by Crippen LogP contribution is 2.41. The van der Waals surface area contributed by atoms with Crippen LogP contribution in [0.1, 0.15) is 67.9 Å². The lowest BCUT2D eigenvalue weighted by Crippen LogP contribution is -2.47. The molecule has 4 rings (SSSR count). The van der Waals surface area contributed by atoms with Crippen molar-refractivity contribution in [3.05, 3.63) is 34.8 Å². The number of ether oxygens (including phenoxy) is 1. The summed E-state index contributed by atoms with van der Waals surface area (Å²) in [6.07, 6.45) is 11.3. The van der Waals surface area contributed by atoms with Crippen molar-refractivity contribution in [1.29, 1.82) is 0 Å². The number of anilines is 1. The van der Waals surface area contributed by atoms with Crippen LogP contribution in [0.3, 0.4) is 0 Å². The topological polar surface area (TPSA) is 47.0 Å². The Hall–Kier alpha value is -1.62. The number of hydrogen-bond acceptors (Lipinski definition) is 5. The zero-order chi connectivity index (χ0) is 17.1. The van der Waals surface area contributed by atoms with E-state index in [4.69, 9.17) is 4.74 Å². The quantitative estimate of drug-likeness (QED) is 0.774. The monoisotopic (exact) mass is 357 g/mol. The number of methoxy groups -OCH3 is 1. The van der Waals surface area contributed by atoms with Crippen LogP contribution in [0.25, 0.3) is 0 Å². The van der Waals surface area contributed by atoms with Gasteiger partial charge >= 0.3 is 0 Å². The predicted octanol–water partition coefficient (Wildman–Crippen LogP) is 5.17. The maximum absolute atomic E-state index is 5.37. The zero-order valence-electron chi connectivity index (χ0n) is 15.0. The summed E-state index contributed by atoms with van der Waals surface area (Å²) in [5.41, 5.74) is 1.46. The molecule has 0 atom stereocenters. The molecule has 2 saturated carbocycles. The van der Waals surface area contributed by atoms with Gasteiger partial charge in [-0.3, -0.25) is 0 Å². The van der Waals surface area contributed by atoms with Crippen molar-refractivity contribution >= 4 is 16.5 Å². The molecule has 1 N–H and O–H groups in total. The van der Waals surface area contributed by atoms with Gasteiger partial charge < -0.3 is 10.1 Å². The van der Waals surface area contributed by atoms with Crippen LogP contribution < -0.4 is 10.1 Å². The first-order valence-electron chi connectivity index (χ1n) is 9.51. The van der Waals surface area contributed by atoms with Crippen LogP contribution in [-0.2, 0) is 6.42 Å². The van der Waals surface area contributed by atoms with E-state index in [-0.39, 0.29) is 5.54 Å². The number of rotatable bonds is 6. The van der Waals surface area contributed by atoms with Crippen molar-refractivity contribution in [2.24, 2.45) is 0 Å². The molecule has 1 heterocycles. The van der Waals surface area contributed by atoms with E-state index in [1.54, 1.807) is 18.4 Å². The molecule has 2 aliphatic rings. The van der Waals surface area contributed by atoms with Crippen molar-refractivity contribution in [3.63, 3.8) is 0 Å². The molecule has 0 bridgehead atoms. The highest BCUT2D eigenvalue weighted by atomic mass is 32.1. The molecule has 0 unspecified atom stereocenters. The predicted molar refractivity (Wildman–Crippen MR) is 103 cm³/mol. The molecule has 2 aromatic rings. The lowest BCUT2D eigenvalue weighted by Gasteiger charge is -2.42. The molecule has 5 heteroatoms. The van der Waals surface area contributed by atoms with Gasteiger partial charge in [-0.1, -0.05) is 42.7 Å². The fourth-order valence-corrected chi connectivity index (χ4v) is 5.18. The first-order chi connectivity index (χ1) is 12.3. The Morgan fingerprint density at radius 2 is 2.00 bits per heavy atom. The molecular formula is C20H27N3OS. The summed E-state index contributed by atoms with van der Waals surface area (Å²) >= 11 is 1.78. The Labute approximate surface area is 154 Å². The van der Waals surface area contributed by atoms with Gasteiger partial charge in [0.25, 0.3) is 0 Å². The normalized spacial score (nSPS) is 20.0. The molecular weight excluding hydrogens is 330 g/mol. The van der Waals surface area contributed by atoms with E-state index in [1.165, 1.54) is 61.9 Å². The fourth-order valence-electron chi connectivity index (χ4n) is 4.15. The van der Waals surface area contributed by atoms with Crippen LogP contribution in [0.4, 0.5) is 5.13 Å². The second kappa shape index (κ2) is 7.32. The summed E-state index contributed by atoms with van der Waals surface area (Å²) in [7, 11) is 1.73. The molecule has 0 saturated heterocycles. The largest absolute Gasteiger partial charge is 0.497 e. The zero-order valence-corrected chi connectivity index (χ0v) is 15.8. The summed E-state index contributed by atoms with van der Waals surface area (Å²) < 4.78 is 5.37. The summed E-state index contributed by atoms with van der Waals surface area (Å²) in [6.45, 7) is 0. The lowest BCUT2D eigenvalue weighted by molar-refractivity contribution is 0.276. The molecule has 134 valence electrons. The number of hydrogen-bond donors (Lipinski definition) is 1. The second-order valence-corrected chi connectivity index (χ2v) is 8.58. The molecule has 0 radical (unpaired) electrons. The SMILES string of the molecule is COc1cccc(CC2(Nc3nnc(C4CCCCC4)s3)CCC2)c1. The van der Waals surface area contributed by atoms with Gasteiger partial charge in [0.1, 0.15) is 10.8 Å². The van der Waals surface area contributed by atoms with E-state index in [9.17, 15) is 0 Å². The van der Waals surface area contributed by atoms with Gasteiger partial charge in [0.15, 0.2) is 0 Å². The minimum absolute atomic E-state index is 0.135. The first-order valence-corrected chi connectivity index (χ1v) is 10.3. The van der Waals surface area contributed by atoms with E-state index in [1.807, 2.05) is 6.07 Å². The van der Waals surface area contributed by atoms with E-state index in [0.717, 1.165) is 17.3 Å². The fraction of sp³-hybridized carbons (Fsp3) is 0.600. The first kappa shape index (κ1) is 16.8. The van der Waals surface area contributed by atoms with Gasteiger partial charge in [0.2, 0.25) is 5.13 Å². The summed E-state index contributed by atoms with van der Waals surface area (Å²) in [5, 5.41) is 14.9. The highest BCUT2D eigenvalue weighted by Gasteiger charge is 2.38. The Morgan fingerprint density at radius 1 is 1.16 bits per heavy atom. The smallest absolute Gasteiger partial charge is 0.206 e. The van der Waals surface area contributed by atoms with Crippen molar-refractivity contribution in [1.82, 2.24) is 10.2 Å². The van der Waals surface area contributed by atoms with E-state index in [2.05, 4.69) is 33.7 Å². The lowest BCUT2D eigenvalue weighted by atomic mass is 9.73. The minimum Gasteiger partial charge on any atom is -0.497 e. The maximum atomic E-state index is 5.37. The van der Waals surface area contributed by atoms with Crippen molar-refractivity contribution < 1.29 is 4.74 Å². The van der Waals surface area contributed by atoms with Gasteiger partial charge in [0, 0.05) is 11.5 Å². The van der Waals surface area contributed by atoms with Gasteiger partial charge in [-0.2, -0.15) is 0 Å². The third-order valence-electron chi connectivity index (χ3n) is 5.75. The minimum atomic E-state index is 0.135. The Morgan fingerprint density at radius 3 is 2.72 bits per heavy atom. The molecule has 2 aliphatic carbocycles. The van der Waals surface area contributed by atoms with Gasteiger partial charge in [-0.05, 0) is 56.2 Å². The number of aromatic nitrogens is 2. The highest BCUT2D eigenvalue weighted by molar-refractivity contribution is 7.15. The molecule has 0 aliphatic heterocycles. The molecule has 25 heavy (non-hydrogen) atoms. The van der Waals surface area contributed by atoms with Crippen LogP contribution in [0, 0.1) is 0 Å². The van der Waals surface area contributed by atoms with Crippen molar-refractivity contribution in [3.8, 4) is 5.75 Å². The van der Waals surface area contributed by atoms with E-state index >= 15 is 0 Å². The standard InChI is InChI=1S/C20H27N3OS/c1-24-17-10-5-7-15(13-17)14-20(11-6-12-20)21-19-23-22-18(25-19)16-8-3-2-4-9-16/h5,7,10,13,16H,2-4,6,8-9,11-12,14H2,1H3,(H,21,23). The Balaban J connectivity index is 1.45. The molecule has 0 amide bonds. The Bertz CT molecular complexity index is 704. The molecule has 1 aromatic carbocycles. The summed E-state index contributed by atoms with van der Waals surface area (Å²) in [4.78, 5) is 0. The number of nitrogens with one attached hydrogen (secondary N) is 1. The van der Waals surface area contributed by atoms with Gasteiger partial charge in [-0.25, -0.2) is 0 Å². The second-order valence-electron chi connectivity index (χ2n) is 7.57. The summed E-state index contributed by atoms with van der Waals surface area (Å²) in [6, 6.07) is 8.42. The summed E-state index contributed by atoms with van der Waals surface area (Å²) in [5.74, 6) is 1.57. The van der Waals surface area contributed by atoms with Gasteiger partial charge in [-0.15, -0.1) is 10.2 Å². The molecule has 0 spiro atoms. The third-order valence-corrected chi connectivity index (χ3v) is 6.76. The van der Waals surface area contributed by atoms with Crippen LogP contribution in [0.2, 0.25) is 0 Å². The third kappa shape index (κ3) is 3.81. The maximum Gasteiger partial charge on any atom is 0.206 e. The number of nitrogens with zero attached hydrogens (tertiary/aromatic N) is 2. The van der Waals surface area contributed by atoms with Crippen LogP contribution in [0.15, 0.2) is 24.3 Å². The van der Waals surface area contributed by atoms with Crippen LogP contribution in [0.5, 0.6) is 5.75 Å². The number of benzene rings is 1.